The topological polar surface area (TPSA) is 20.3 Å². The molecule has 1 aromatic heterocycles. The Balaban J connectivity index is 2.19. The van der Waals surface area contributed by atoms with Crippen LogP contribution in [0.5, 0.6) is 0 Å². The van der Waals surface area contributed by atoms with E-state index in [-0.39, 0.29) is 5.91 Å². The minimum absolute atomic E-state index is 0.0786. The highest BCUT2D eigenvalue weighted by Gasteiger charge is 2.20. The molecule has 1 aliphatic rings. The van der Waals surface area contributed by atoms with Crippen LogP contribution < -0.4 is 0 Å². The molecule has 0 aromatic carbocycles. The van der Waals surface area contributed by atoms with Crippen LogP contribution in [0.3, 0.4) is 0 Å². The Morgan fingerprint density at radius 3 is 3.12 bits per heavy atom. The molecule has 0 bridgehead atoms. The van der Waals surface area contributed by atoms with E-state index in [0.29, 0.717) is 13.1 Å². The Morgan fingerprint density at radius 1 is 1.65 bits per heavy atom. The fourth-order valence-corrected chi connectivity index (χ4v) is 4.19. The minimum Gasteiger partial charge on any atom is -0.327 e. The van der Waals surface area contributed by atoms with Crippen molar-refractivity contribution in [3.63, 3.8) is 0 Å². The Morgan fingerprint density at radius 2 is 2.47 bits per heavy atom. The number of thiophene rings is 1. The molecule has 2 nitrogen and oxygen atoms in total. The number of amides is 1. The lowest BCUT2D eigenvalue weighted by atomic mass is 10.2. The Hall–Kier alpha value is -0.920. The van der Waals surface area contributed by atoms with Crippen molar-refractivity contribution in [1.29, 1.82) is 0 Å². The first-order chi connectivity index (χ1) is 8.26. The first kappa shape index (κ1) is 12.5. The second kappa shape index (κ2) is 5.61. The number of hydrogen-bond acceptors (Lipinski definition) is 3. The maximum absolute atomic E-state index is 12.2. The third-order valence-electron chi connectivity index (χ3n) is 2.79. The number of carbonyl (C=O) groups is 1. The van der Waals surface area contributed by atoms with Gasteiger partial charge in [0.15, 0.2) is 0 Å². The second-order valence-electron chi connectivity index (χ2n) is 3.89. The van der Waals surface area contributed by atoms with E-state index < -0.39 is 0 Å². The summed E-state index contributed by atoms with van der Waals surface area (Å²) in [7, 11) is 0. The van der Waals surface area contributed by atoms with Gasteiger partial charge in [-0.3, -0.25) is 4.79 Å². The third kappa shape index (κ3) is 2.67. The van der Waals surface area contributed by atoms with Crippen LogP contribution in [0.2, 0.25) is 0 Å². The van der Waals surface area contributed by atoms with E-state index in [0.717, 1.165) is 17.1 Å². The number of carbonyl (C=O) groups excluding carboxylic acids is 1. The predicted molar refractivity (Wildman–Crippen MR) is 74.6 cm³/mol. The maximum Gasteiger partial charge on any atom is 0.264 e. The molecule has 0 spiro atoms. The van der Waals surface area contributed by atoms with Gasteiger partial charge in [0.05, 0.1) is 11.4 Å². The molecule has 0 radical (unpaired) electrons. The van der Waals surface area contributed by atoms with Crippen molar-refractivity contribution in [2.24, 2.45) is 0 Å². The number of aryl methyl sites for hydroxylation is 1. The summed E-state index contributed by atoms with van der Waals surface area (Å²) in [6.45, 7) is 3.02. The Bertz CT molecular complexity index is 435. The van der Waals surface area contributed by atoms with Crippen LogP contribution >= 0.6 is 23.1 Å². The van der Waals surface area contributed by atoms with Gasteiger partial charge in [-0.25, -0.2) is 0 Å². The van der Waals surface area contributed by atoms with Gasteiger partial charge in [-0.2, -0.15) is 11.8 Å². The van der Waals surface area contributed by atoms with Crippen molar-refractivity contribution >= 4 is 29.0 Å². The van der Waals surface area contributed by atoms with E-state index in [1.165, 1.54) is 16.2 Å². The monoisotopic (exact) mass is 265 g/mol. The van der Waals surface area contributed by atoms with Crippen LogP contribution in [0.4, 0.5) is 0 Å². The van der Waals surface area contributed by atoms with Crippen LogP contribution in [0.25, 0.3) is 0 Å². The van der Waals surface area contributed by atoms with Crippen molar-refractivity contribution in [2.75, 3.05) is 18.8 Å². The fourth-order valence-electron chi connectivity index (χ4n) is 1.85. The lowest BCUT2D eigenvalue weighted by Gasteiger charge is -2.16. The summed E-state index contributed by atoms with van der Waals surface area (Å²) in [6.07, 6.45) is 6.37. The molecule has 0 unspecified atom stereocenters. The molecular formula is C13H15NOS2. The fraction of sp³-hybridized carbons (Fsp3) is 0.462. The Kier molecular flexibility index (Phi) is 4.14. The van der Waals surface area contributed by atoms with Crippen LogP contribution in [0.1, 0.15) is 27.0 Å². The molecule has 0 saturated heterocycles. The van der Waals surface area contributed by atoms with Crippen LogP contribution in [0, 0.1) is 12.3 Å². The summed E-state index contributed by atoms with van der Waals surface area (Å²) in [5.41, 5.74) is 1.34. The molecule has 1 amide bonds. The van der Waals surface area contributed by atoms with Crippen molar-refractivity contribution < 1.29 is 4.79 Å². The smallest absolute Gasteiger partial charge is 0.264 e. The van der Waals surface area contributed by atoms with Gasteiger partial charge in [-0.05, 0) is 30.7 Å². The minimum atomic E-state index is 0.0786. The van der Waals surface area contributed by atoms with E-state index in [9.17, 15) is 4.79 Å². The number of fused-ring (bicyclic) bond motifs is 1. The SMILES string of the molecule is C#CCN(CC)C(=O)c1cc2c(s1)CCSC2. The first-order valence-corrected chi connectivity index (χ1v) is 7.65. The highest BCUT2D eigenvalue weighted by molar-refractivity contribution is 7.98. The van der Waals surface area contributed by atoms with Crippen molar-refractivity contribution in [3.05, 3.63) is 21.4 Å². The number of nitrogens with zero attached hydrogens (tertiary/aromatic N) is 1. The Labute approximate surface area is 110 Å². The summed E-state index contributed by atoms with van der Waals surface area (Å²) < 4.78 is 0. The van der Waals surface area contributed by atoms with Crippen LogP contribution in [-0.4, -0.2) is 29.6 Å². The summed E-state index contributed by atoms with van der Waals surface area (Å²) in [5, 5.41) is 0. The quantitative estimate of drug-likeness (QED) is 0.783. The zero-order valence-electron chi connectivity index (χ0n) is 9.86. The lowest BCUT2D eigenvalue weighted by Crippen LogP contribution is -2.30. The molecule has 0 fully saturated rings. The van der Waals surface area contributed by atoms with E-state index >= 15 is 0 Å². The molecule has 0 saturated carbocycles. The van der Waals surface area contributed by atoms with Crippen LogP contribution in [0.15, 0.2) is 6.07 Å². The van der Waals surface area contributed by atoms with Crippen molar-refractivity contribution in [1.82, 2.24) is 4.90 Å². The number of terminal acetylenes is 1. The largest absolute Gasteiger partial charge is 0.327 e. The van der Waals surface area contributed by atoms with Crippen LogP contribution in [-0.2, 0) is 12.2 Å². The molecule has 17 heavy (non-hydrogen) atoms. The predicted octanol–water partition coefficient (Wildman–Crippen LogP) is 2.63. The molecule has 90 valence electrons. The lowest BCUT2D eigenvalue weighted by molar-refractivity contribution is 0.0789. The van der Waals surface area contributed by atoms with E-state index in [2.05, 4.69) is 5.92 Å². The van der Waals surface area contributed by atoms with Gasteiger partial charge in [0, 0.05) is 17.2 Å². The number of rotatable bonds is 3. The van der Waals surface area contributed by atoms with Gasteiger partial charge >= 0.3 is 0 Å². The highest BCUT2D eigenvalue weighted by Crippen LogP contribution is 2.32. The summed E-state index contributed by atoms with van der Waals surface area (Å²) in [6, 6.07) is 2.05. The maximum atomic E-state index is 12.2. The van der Waals surface area contributed by atoms with Gasteiger partial charge in [-0.15, -0.1) is 17.8 Å². The molecule has 0 aliphatic carbocycles. The molecule has 2 rings (SSSR count). The third-order valence-corrected chi connectivity index (χ3v) is 5.02. The number of thioether (sulfide) groups is 1. The molecule has 2 heterocycles. The zero-order valence-corrected chi connectivity index (χ0v) is 11.5. The van der Waals surface area contributed by atoms with E-state index in [4.69, 9.17) is 6.42 Å². The highest BCUT2D eigenvalue weighted by atomic mass is 32.2. The molecule has 0 atom stereocenters. The molecule has 4 heteroatoms. The van der Waals surface area contributed by atoms with Gasteiger partial charge < -0.3 is 4.90 Å². The zero-order chi connectivity index (χ0) is 12.3. The summed E-state index contributed by atoms with van der Waals surface area (Å²) in [4.78, 5) is 16.2. The molecule has 1 aromatic rings. The van der Waals surface area contributed by atoms with Gasteiger partial charge in [0.25, 0.3) is 5.91 Å². The molecule has 0 N–H and O–H groups in total. The average Bonchev–Trinajstić information content (AvgIpc) is 2.78. The molecular weight excluding hydrogens is 250 g/mol. The molecule has 1 aliphatic heterocycles. The van der Waals surface area contributed by atoms with E-state index in [1.54, 1.807) is 16.2 Å². The van der Waals surface area contributed by atoms with Crippen molar-refractivity contribution in [2.45, 2.75) is 19.1 Å². The summed E-state index contributed by atoms with van der Waals surface area (Å²) in [5.74, 6) is 4.83. The second-order valence-corrected chi connectivity index (χ2v) is 6.13. The first-order valence-electron chi connectivity index (χ1n) is 5.68. The van der Waals surface area contributed by atoms with Gasteiger partial charge in [0.1, 0.15) is 0 Å². The van der Waals surface area contributed by atoms with E-state index in [1.807, 2.05) is 24.8 Å². The summed E-state index contributed by atoms with van der Waals surface area (Å²) >= 11 is 3.58. The number of hydrogen-bond donors (Lipinski definition) is 0. The van der Waals surface area contributed by atoms with Crippen molar-refractivity contribution in [3.8, 4) is 12.3 Å². The average molecular weight is 265 g/mol. The normalized spacial score (nSPS) is 13.9. The van der Waals surface area contributed by atoms with Gasteiger partial charge in [-0.1, -0.05) is 5.92 Å². The standard InChI is InChI=1S/C13H15NOS2/c1-3-6-14(4-2)13(15)12-8-10-9-16-7-5-11(10)17-12/h1,8H,4-7,9H2,2H3. The van der Waals surface area contributed by atoms with Gasteiger partial charge in [0.2, 0.25) is 0 Å².